The zero-order valence-corrected chi connectivity index (χ0v) is 13.9. The predicted octanol–water partition coefficient (Wildman–Crippen LogP) is 3.70. The number of hydrogen-bond donors (Lipinski definition) is 0. The lowest BCUT2D eigenvalue weighted by Gasteiger charge is -1.98. The summed E-state index contributed by atoms with van der Waals surface area (Å²) in [6.45, 7) is 6.30. The van der Waals surface area contributed by atoms with Gasteiger partial charge in [-0.25, -0.2) is 0 Å². The quantitative estimate of drug-likeness (QED) is 0.594. The van der Waals surface area contributed by atoms with Crippen molar-refractivity contribution in [1.82, 2.24) is 30.0 Å². The van der Waals surface area contributed by atoms with Crippen molar-refractivity contribution in [3.05, 3.63) is 12.4 Å². The standard InChI is InChI=1S/C16H28N6/c1-3-5-7-9-11-21-13-15(17-19-21)16-14-22(20-18-16)12-10-8-6-4-2/h13-14H,3-12H2,1-2H3. The Morgan fingerprint density at radius 2 is 1.14 bits per heavy atom. The van der Waals surface area contributed by atoms with E-state index in [1.54, 1.807) is 0 Å². The molecule has 2 heterocycles. The molecule has 0 aliphatic carbocycles. The van der Waals surface area contributed by atoms with Gasteiger partial charge in [-0.05, 0) is 12.8 Å². The molecule has 0 atom stereocenters. The minimum absolute atomic E-state index is 0.815. The summed E-state index contributed by atoms with van der Waals surface area (Å²) in [4.78, 5) is 0. The molecule has 6 heteroatoms. The van der Waals surface area contributed by atoms with E-state index in [-0.39, 0.29) is 0 Å². The molecule has 122 valence electrons. The number of aryl methyl sites for hydroxylation is 2. The molecule has 0 radical (unpaired) electrons. The van der Waals surface area contributed by atoms with Gasteiger partial charge in [0.25, 0.3) is 0 Å². The maximum Gasteiger partial charge on any atom is 0.134 e. The summed E-state index contributed by atoms with van der Waals surface area (Å²) >= 11 is 0. The summed E-state index contributed by atoms with van der Waals surface area (Å²) in [7, 11) is 0. The molecule has 0 unspecified atom stereocenters. The van der Waals surface area contributed by atoms with E-state index in [2.05, 4.69) is 34.5 Å². The summed E-state index contributed by atoms with van der Waals surface area (Å²) in [5.74, 6) is 0. The van der Waals surface area contributed by atoms with Crippen molar-refractivity contribution >= 4 is 0 Å². The van der Waals surface area contributed by atoms with E-state index in [4.69, 9.17) is 0 Å². The minimum Gasteiger partial charge on any atom is -0.252 e. The molecule has 0 aliphatic heterocycles. The van der Waals surface area contributed by atoms with Crippen LogP contribution in [0.2, 0.25) is 0 Å². The first-order valence-corrected chi connectivity index (χ1v) is 8.64. The van der Waals surface area contributed by atoms with Gasteiger partial charge in [-0.1, -0.05) is 62.8 Å². The molecule has 22 heavy (non-hydrogen) atoms. The zero-order valence-electron chi connectivity index (χ0n) is 13.9. The summed E-state index contributed by atoms with van der Waals surface area (Å²) < 4.78 is 3.82. The predicted molar refractivity (Wildman–Crippen MR) is 87.3 cm³/mol. The van der Waals surface area contributed by atoms with E-state index in [9.17, 15) is 0 Å². The molecule has 2 aromatic heterocycles. The third-order valence-electron chi connectivity index (χ3n) is 3.82. The second kappa shape index (κ2) is 9.33. The van der Waals surface area contributed by atoms with Crippen LogP contribution in [-0.4, -0.2) is 30.0 Å². The lowest BCUT2D eigenvalue weighted by atomic mass is 10.2. The Morgan fingerprint density at radius 3 is 1.55 bits per heavy atom. The molecule has 0 fully saturated rings. The van der Waals surface area contributed by atoms with Gasteiger partial charge < -0.3 is 0 Å². The Bertz CT molecular complexity index is 482. The minimum atomic E-state index is 0.815. The SMILES string of the molecule is CCCCCCn1cc(-c2cn(CCCCCC)nn2)nn1. The van der Waals surface area contributed by atoms with Crippen LogP contribution >= 0.6 is 0 Å². The lowest BCUT2D eigenvalue weighted by molar-refractivity contribution is 0.527. The van der Waals surface area contributed by atoms with Gasteiger partial charge >= 0.3 is 0 Å². The molecule has 2 rings (SSSR count). The molecular weight excluding hydrogens is 276 g/mol. The molecule has 0 amide bonds. The molecule has 2 aromatic rings. The Morgan fingerprint density at radius 1 is 0.682 bits per heavy atom. The smallest absolute Gasteiger partial charge is 0.134 e. The average Bonchev–Trinajstić information content (AvgIpc) is 3.17. The molecule has 0 saturated carbocycles. The molecule has 6 nitrogen and oxygen atoms in total. The van der Waals surface area contributed by atoms with Crippen LogP contribution in [0.5, 0.6) is 0 Å². The fraction of sp³-hybridized carbons (Fsp3) is 0.750. The van der Waals surface area contributed by atoms with Crippen molar-refractivity contribution in [3.63, 3.8) is 0 Å². The Kier molecular flexibility index (Phi) is 7.06. The van der Waals surface area contributed by atoms with E-state index >= 15 is 0 Å². The van der Waals surface area contributed by atoms with Crippen molar-refractivity contribution in [2.45, 2.75) is 78.3 Å². The largest absolute Gasteiger partial charge is 0.252 e. The molecule has 0 aromatic carbocycles. The monoisotopic (exact) mass is 304 g/mol. The topological polar surface area (TPSA) is 61.4 Å². The Balaban J connectivity index is 1.81. The second-order valence-electron chi connectivity index (χ2n) is 5.86. The second-order valence-corrected chi connectivity index (χ2v) is 5.86. The van der Waals surface area contributed by atoms with Crippen molar-refractivity contribution < 1.29 is 0 Å². The van der Waals surface area contributed by atoms with Gasteiger partial charge in [0.15, 0.2) is 0 Å². The summed E-state index contributed by atoms with van der Waals surface area (Å²) in [5, 5.41) is 16.8. The number of rotatable bonds is 11. The lowest BCUT2D eigenvalue weighted by Crippen LogP contribution is -1.98. The van der Waals surface area contributed by atoms with Gasteiger partial charge in [-0.2, -0.15) is 0 Å². The van der Waals surface area contributed by atoms with Gasteiger partial charge in [0, 0.05) is 13.1 Å². The number of nitrogens with zero attached hydrogens (tertiary/aromatic N) is 6. The molecule has 0 saturated heterocycles. The van der Waals surface area contributed by atoms with Crippen LogP contribution < -0.4 is 0 Å². The van der Waals surface area contributed by atoms with Crippen molar-refractivity contribution in [1.29, 1.82) is 0 Å². The third-order valence-corrected chi connectivity index (χ3v) is 3.82. The van der Waals surface area contributed by atoms with Gasteiger partial charge in [-0.15, -0.1) is 10.2 Å². The highest BCUT2D eigenvalue weighted by atomic mass is 15.4. The van der Waals surface area contributed by atoms with Crippen LogP contribution in [0.3, 0.4) is 0 Å². The first-order chi connectivity index (χ1) is 10.8. The third kappa shape index (κ3) is 5.24. The summed E-state index contributed by atoms with van der Waals surface area (Å²) in [5.41, 5.74) is 1.63. The molecule has 0 N–H and O–H groups in total. The Labute approximate surface area is 132 Å². The van der Waals surface area contributed by atoms with Crippen LogP contribution in [0.15, 0.2) is 12.4 Å². The van der Waals surface area contributed by atoms with Crippen molar-refractivity contribution in [2.24, 2.45) is 0 Å². The van der Waals surface area contributed by atoms with Gasteiger partial charge in [0.1, 0.15) is 11.4 Å². The average molecular weight is 304 g/mol. The highest BCUT2D eigenvalue weighted by Gasteiger charge is 2.08. The number of hydrogen-bond acceptors (Lipinski definition) is 4. The summed E-state index contributed by atoms with van der Waals surface area (Å²) in [6, 6.07) is 0. The first-order valence-electron chi connectivity index (χ1n) is 8.64. The maximum absolute atomic E-state index is 4.21. The fourth-order valence-corrected chi connectivity index (χ4v) is 2.45. The molecule has 0 bridgehead atoms. The molecule has 0 aliphatic rings. The van der Waals surface area contributed by atoms with Crippen LogP contribution in [0, 0.1) is 0 Å². The maximum atomic E-state index is 4.21. The molecule has 0 spiro atoms. The summed E-state index contributed by atoms with van der Waals surface area (Å²) in [6.07, 6.45) is 13.8. The Hall–Kier alpha value is -1.72. The van der Waals surface area contributed by atoms with Gasteiger partial charge in [0.05, 0.1) is 12.4 Å². The fourth-order valence-electron chi connectivity index (χ4n) is 2.45. The highest BCUT2D eigenvalue weighted by Crippen LogP contribution is 2.13. The van der Waals surface area contributed by atoms with E-state index in [0.29, 0.717) is 0 Å². The van der Waals surface area contributed by atoms with Crippen LogP contribution in [-0.2, 0) is 13.1 Å². The van der Waals surface area contributed by atoms with Crippen LogP contribution in [0.1, 0.15) is 65.2 Å². The van der Waals surface area contributed by atoms with Crippen LogP contribution in [0.25, 0.3) is 11.4 Å². The number of unbranched alkanes of at least 4 members (excludes halogenated alkanes) is 6. The van der Waals surface area contributed by atoms with E-state index in [0.717, 1.165) is 37.3 Å². The number of aromatic nitrogens is 6. The highest BCUT2D eigenvalue weighted by molar-refractivity contribution is 5.49. The van der Waals surface area contributed by atoms with E-state index < -0.39 is 0 Å². The van der Waals surface area contributed by atoms with Gasteiger partial charge in [-0.3, -0.25) is 9.36 Å². The first kappa shape index (κ1) is 16.6. The zero-order chi connectivity index (χ0) is 15.6. The molecular formula is C16H28N6. The van der Waals surface area contributed by atoms with E-state index in [1.807, 2.05) is 21.8 Å². The van der Waals surface area contributed by atoms with E-state index in [1.165, 1.54) is 38.5 Å². The van der Waals surface area contributed by atoms with Crippen molar-refractivity contribution in [2.75, 3.05) is 0 Å². The van der Waals surface area contributed by atoms with Crippen LogP contribution in [0.4, 0.5) is 0 Å². The van der Waals surface area contributed by atoms with Gasteiger partial charge in [0.2, 0.25) is 0 Å². The normalized spacial score (nSPS) is 11.2. The van der Waals surface area contributed by atoms with Crippen molar-refractivity contribution in [3.8, 4) is 11.4 Å².